The number of likely N-dealkylation sites (tertiary alicyclic amines) is 1. The monoisotopic (exact) mass is 380 g/mol. The molecule has 0 aliphatic carbocycles. The van der Waals surface area contributed by atoms with Gasteiger partial charge in [-0.25, -0.2) is 4.68 Å². The minimum absolute atomic E-state index is 0.0927. The Labute approximate surface area is 163 Å². The molecule has 7 nitrogen and oxygen atoms in total. The van der Waals surface area contributed by atoms with Gasteiger partial charge in [0.15, 0.2) is 0 Å². The van der Waals surface area contributed by atoms with Crippen molar-refractivity contribution in [1.29, 1.82) is 0 Å². The summed E-state index contributed by atoms with van der Waals surface area (Å²) in [5.74, 6) is 1.63. The van der Waals surface area contributed by atoms with Crippen LogP contribution in [0, 0.1) is 0 Å². The number of rotatable bonds is 5. The summed E-state index contributed by atoms with van der Waals surface area (Å²) in [6.07, 6.45) is 2.28. The first-order valence-electron chi connectivity index (χ1n) is 9.41. The summed E-state index contributed by atoms with van der Waals surface area (Å²) in [6.45, 7) is 0.511. The van der Waals surface area contributed by atoms with E-state index in [1.165, 1.54) is 0 Å². The van der Waals surface area contributed by atoms with Crippen LogP contribution in [0.3, 0.4) is 0 Å². The molecule has 1 unspecified atom stereocenters. The number of ether oxygens (including phenoxy) is 2. The Hall–Kier alpha value is -3.09. The molecule has 7 heteroatoms. The van der Waals surface area contributed by atoms with Crippen molar-refractivity contribution in [1.82, 2.24) is 19.9 Å². The number of piperidine rings is 1. The van der Waals surface area contributed by atoms with Gasteiger partial charge in [-0.15, -0.1) is 5.10 Å². The standard InChI is InChI=1S/C21H24N4O3/c1-24-16-11-10-14(12-15(16)22-23-24)13-25-17(6-4-9-20(25)26)21-18(27-2)7-5-8-19(21)28-3/h5,7-8,10-12,17H,4,6,9,13H2,1-3H3. The molecule has 1 aliphatic heterocycles. The smallest absolute Gasteiger partial charge is 0.223 e. The predicted molar refractivity (Wildman–Crippen MR) is 105 cm³/mol. The van der Waals surface area contributed by atoms with E-state index >= 15 is 0 Å². The number of aromatic nitrogens is 3. The van der Waals surface area contributed by atoms with Crippen LogP contribution in [-0.4, -0.2) is 40.0 Å². The Morgan fingerprint density at radius 1 is 1.14 bits per heavy atom. The first kappa shape index (κ1) is 18.3. The number of hydrogen-bond donors (Lipinski definition) is 0. The quantitative estimate of drug-likeness (QED) is 0.680. The van der Waals surface area contributed by atoms with Gasteiger partial charge in [-0.2, -0.15) is 0 Å². The molecule has 2 heterocycles. The van der Waals surface area contributed by atoms with Gasteiger partial charge in [-0.3, -0.25) is 4.79 Å². The number of carbonyl (C=O) groups excluding carboxylic acids is 1. The van der Waals surface area contributed by atoms with E-state index in [1.807, 2.05) is 48.3 Å². The molecule has 2 aromatic carbocycles. The maximum absolute atomic E-state index is 12.9. The lowest BCUT2D eigenvalue weighted by molar-refractivity contribution is -0.137. The van der Waals surface area contributed by atoms with Crippen molar-refractivity contribution in [2.45, 2.75) is 31.8 Å². The zero-order chi connectivity index (χ0) is 19.7. The van der Waals surface area contributed by atoms with E-state index < -0.39 is 0 Å². The highest BCUT2D eigenvalue weighted by Crippen LogP contribution is 2.42. The maximum Gasteiger partial charge on any atom is 0.223 e. The molecule has 4 rings (SSSR count). The van der Waals surface area contributed by atoms with Crippen molar-refractivity contribution in [3.05, 3.63) is 47.5 Å². The third-order valence-corrected chi connectivity index (χ3v) is 5.39. The first-order chi connectivity index (χ1) is 13.6. The van der Waals surface area contributed by atoms with Crippen LogP contribution in [0.15, 0.2) is 36.4 Å². The topological polar surface area (TPSA) is 69.5 Å². The van der Waals surface area contributed by atoms with Gasteiger partial charge in [0.2, 0.25) is 5.91 Å². The summed E-state index contributed by atoms with van der Waals surface area (Å²) in [6, 6.07) is 11.7. The van der Waals surface area contributed by atoms with Crippen LogP contribution in [0.2, 0.25) is 0 Å². The minimum atomic E-state index is -0.0927. The van der Waals surface area contributed by atoms with E-state index in [-0.39, 0.29) is 11.9 Å². The number of nitrogens with zero attached hydrogens (tertiary/aromatic N) is 4. The Balaban J connectivity index is 1.72. The van der Waals surface area contributed by atoms with E-state index in [4.69, 9.17) is 9.47 Å². The summed E-state index contributed by atoms with van der Waals surface area (Å²) in [4.78, 5) is 14.8. The van der Waals surface area contributed by atoms with Crippen LogP contribution >= 0.6 is 0 Å². The molecule has 1 atom stereocenters. The highest BCUT2D eigenvalue weighted by molar-refractivity contribution is 5.79. The number of benzene rings is 2. The van der Waals surface area contributed by atoms with Gasteiger partial charge in [0.25, 0.3) is 0 Å². The molecular formula is C21H24N4O3. The Bertz CT molecular complexity index is 992. The van der Waals surface area contributed by atoms with Gasteiger partial charge in [0.1, 0.15) is 17.0 Å². The molecule has 1 aromatic heterocycles. The van der Waals surface area contributed by atoms with Crippen molar-refractivity contribution in [2.24, 2.45) is 7.05 Å². The largest absolute Gasteiger partial charge is 0.496 e. The van der Waals surface area contributed by atoms with Crippen molar-refractivity contribution in [2.75, 3.05) is 14.2 Å². The number of carbonyl (C=O) groups is 1. The molecule has 1 amide bonds. The fourth-order valence-electron chi connectivity index (χ4n) is 4.01. The zero-order valence-electron chi connectivity index (χ0n) is 16.4. The lowest BCUT2D eigenvalue weighted by Gasteiger charge is -2.37. The van der Waals surface area contributed by atoms with Crippen molar-refractivity contribution in [3.8, 4) is 11.5 Å². The molecule has 0 spiro atoms. The van der Waals surface area contributed by atoms with Crippen LogP contribution < -0.4 is 9.47 Å². The molecule has 1 fully saturated rings. The molecule has 3 aromatic rings. The maximum atomic E-state index is 12.9. The fourth-order valence-corrected chi connectivity index (χ4v) is 4.01. The third-order valence-electron chi connectivity index (χ3n) is 5.39. The van der Waals surface area contributed by atoms with E-state index in [0.717, 1.165) is 46.5 Å². The average Bonchev–Trinajstić information content (AvgIpc) is 3.09. The van der Waals surface area contributed by atoms with E-state index in [9.17, 15) is 4.79 Å². The Kier molecular flexibility index (Phi) is 4.90. The molecule has 0 radical (unpaired) electrons. The Morgan fingerprint density at radius 3 is 2.61 bits per heavy atom. The number of methoxy groups -OCH3 is 2. The van der Waals surface area contributed by atoms with Crippen molar-refractivity contribution in [3.63, 3.8) is 0 Å². The van der Waals surface area contributed by atoms with Crippen LogP contribution in [-0.2, 0) is 18.4 Å². The van der Waals surface area contributed by atoms with Crippen LogP contribution in [0.4, 0.5) is 0 Å². The van der Waals surface area contributed by atoms with Crippen LogP contribution in [0.1, 0.15) is 36.4 Å². The summed E-state index contributed by atoms with van der Waals surface area (Å²) < 4.78 is 12.9. The van der Waals surface area contributed by atoms with Crippen molar-refractivity contribution < 1.29 is 14.3 Å². The third kappa shape index (κ3) is 3.17. The summed E-state index contributed by atoms with van der Waals surface area (Å²) in [7, 11) is 5.16. The van der Waals surface area contributed by atoms with Gasteiger partial charge in [-0.05, 0) is 42.7 Å². The molecule has 146 valence electrons. The first-order valence-corrected chi connectivity index (χ1v) is 9.41. The fraction of sp³-hybridized carbons (Fsp3) is 0.381. The molecular weight excluding hydrogens is 356 g/mol. The Morgan fingerprint density at radius 2 is 1.89 bits per heavy atom. The van der Waals surface area contributed by atoms with E-state index in [2.05, 4.69) is 10.3 Å². The molecule has 0 N–H and O–H groups in total. The summed E-state index contributed by atoms with van der Waals surface area (Å²) in [5, 5.41) is 8.25. The summed E-state index contributed by atoms with van der Waals surface area (Å²) >= 11 is 0. The second-order valence-corrected chi connectivity index (χ2v) is 7.04. The zero-order valence-corrected chi connectivity index (χ0v) is 16.4. The lowest BCUT2D eigenvalue weighted by atomic mass is 9.92. The molecule has 0 bridgehead atoms. The minimum Gasteiger partial charge on any atom is -0.496 e. The van der Waals surface area contributed by atoms with Gasteiger partial charge in [0, 0.05) is 20.0 Å². The second kappa shape index (κ2) is 7.50. The number of fused-ring (bicyclic) bond motifs is 1. The van der Waals surface area contributed by atoms with Gasteiger partial charge in [0.05, 0.1) is 31.3 Å². The highest BCUT2D eigenvalue weighted by Gasteiger charge is 2.33. The molecule has 1 saturated heterocycles. The van der Waals surface area contributed by atoms with Gasteiger partial charge >= 0.3 is 0 Å². The SMILES string of the molecule is COc1cccc(OC)c1C1CCCC(=O)N1Cc1ccc2c(c1)nnn2C. The van der Waals surface area contributed by atoms with Crippen molar-refractivity contribution >= 4 is 16.9 Å². The van der Waals surface area contributed by atoms with Crippen LogP contribution in [0.25, 0.3) is 11.0 Å². The predicted octanol–water partition coefficient (Wildman–Crippen LogP) is 3.24. The normalized spacial score (nSPS) is 17.2. The number of amides is 1. The highest BCUT2D eigenvalue weighted by atomic mass is 16.5. The number of aryl methyl sites for hydroxylation is 1. The number of hydrogen-bond acceptors (Lipinski definition) is 5. The molecule has 0 saturated carbocycles. The molecule has 1 aliphatic rings. The van der Waals surface area contributed by atoms with E-state index in [1.54, 1.807) is 18.9 Å². The lowest BCUT2D eigenvalue weighted by Crippen LogP contribution is -2.38. The average molecular weight is 380 g/mol. The molecule has 28 heavy (non-hydrogen) atoms. The van der Waals surface area contributed by atoms with E-state index in [0.29, 0.717) is 13.0 Å². The van der Waals surface area contributed by atoms with Gasteiger partial charge < -0.3 is 14.4 Å². The summed E-state index contributed by atoms with van der Waals surface area (Å²) in [5.41, 5.74) is 3.76. The van der Waals surface area contributed by atoms with Gasteiger partial charge in [-0.1, -0.05) is 17.3 Å². The van der Waals surface area contributed by atoms with Crippen LogP contribution in [0.5, 0.6) is 11.5 Å². The second-order valence-electron chi connectivity index (χ2n) is 7.04.